The lowest BCUT2D eigenvalue weighted by Gasteiger charge is -2.40. The van der Waals surface area contributed by atoms with Crippen LogP contribution in [0.4, 0.5) is 0 Å². The van der Waals surface area contributed by atoms with Crippen LogP contribution in [-0.4, -0.2) is 50.9 Å². The largest absolute Gasteiger partial charge is 0.414 e. The number of imidazole rings is 1. The number of nitriles is 1. The predicted octanol–water partition coefficient (Wildman–Crippen LogP) is 4.75. The highest BCUT2D eigenvalue weighted by molar-refractivity contribution is 6.74. The van der Waals surface area contributed by atoms with Gasteiger partial charge in [-0.05, 0) is 36.3 Å². The molecule has 0 spiro atoms. The topological polar surface area (TPSA) is 112 Å². The van der Waals surface area contributed by atoms with Gasteiger partial charge in [-0.2, -0.15) is 5.26 Å². The van der Waals surface area contributed by atoms with Crippen molar-refractivity contribution < 1.29 is 18.4 Å². The van der Waals surface area contributed by atoms with Gasteiger partial charge in [0.05, 0.1) is 37.2 Å². The molecule has 33 heavy (non-hydrogen) atoms. The second-order valence-electron chi connectivity index (χ2n) is 12.0. The van der Waals surface area contributed by atoms with Crippen molar-refractivity contribution in [2.75, 3.05) is 6.61 Å². The Kier molecular flexibility index (Phi) is 8.08. The highest BCUT2D eigenvalue weighted by Gasteiger charge is 2.47. The molecule has 0 bridgehead atoms. The Morgan fingerprint density at radius 2 is 1.79 bits per heavy atom. The molecule has 0 radical (unpaired) electrons. The fourth-order valence-electron chi connectivity index (χ4n) is 3.30. The van der Waals surface area contributed by atoms with Crippen LogP contribution in [0.2, 0.25) is 36.3 Å². The normalized spacial score (nSPS) is 22.4. The number of nitrogens with zero attached hydrogens (tertiary/aromatic N) is 3. The standard InChI is InChI=1S/C23H42N4O4Si2/c1-22(2,3)32(7,8)29-14-18-17(31-33(9,10)23(4,5)6)13-19(30-18)27-15-26-20(21(25)28)16(27)11-12-24/h15,17-19H,11,13-14H2,1-10H3,(H2,25,28)/t17-,18+,19+/m0/s1. The summed E-state index contributed by atoms with van der Waals surface area (Å²) < 4.78 is 21.5. The lowest BCUT2D eigenvalue weighted by Crippen LogP contribution is -2.48. The number of aromatic nitrogens is 2. The molecule has 1 aliphatic rings. The molecule has 1 saturated heterocycles. The minimum atomic E-state index is -2.07. The first kappa shape index (κ1) is 27.7. The molecule has 1 aromatic rings. The van der Waals surface area contributed by atoms with Crippen LogP contribution in [0, 0.1) is 11.3 Å². The van der Waals surface area contributed by atoms with E-state index in [0.29, 0.717) is 18.7 Å². The molecule has 0 saturated carbocycles. The highest BCUT2D eigenvalue weighted by atomic mass is 28.4. The third kappa shape index (κ3) is 6.14. The van der Waals surface area contributed by atoms with Gasteiger partial charge in [-0.25, -0.2) is 4.98 Å². The summed E-state index contributed by atoms with van der Waals surface area (Å²) in [6, 6.07) is 2.10. The van der Waals surface area contributed by atoms with Crippen LogP contribution in [0.3, 0.4) is 0 Å². The number of carbonyl (C=O) groups excluding carboxylic acids is 1. The maximum absolute atomic E-state index is 11.8. The molecule has 8 nitrogen and oxygen atoms in total. The zero-order chi connectivity index (χ0) is 25.4. The van der Waals surface area contributed by atoms with Crippen molar-refractivity contribution in [1.29, 1.82) is 5.26 Å². The smallest absolute Gasteiger partial charge is 0.269 e. The van der Waals surface area contributed by atoms with E-state index in [-0.39, 0.29) is 34.4 Å². The quantitative estimate of drug-likeness (QED) is 0.522. The first-order chi connectivity index (χ1) is 14.9. The molecular weight excluding hydrogens is 452 g/mol. The molecule has 2 rings (SSSR count). The maximum Gasteiger partial charge on any atom is 0.269 e. The lowest BCUT2D eigenvalue weighted by atomic mass is 10.2. The van der Waals surface area contributed by atoms with E-state index in [1.54, 1.807) is 4.57 Å². The van der Waals surface area contributed by atoms with Crippen LogP contribution in [0.5, 0.6) is 0 Å². The summed E-state index contributed by atoms with van der Waals surface area (Å²) in [6.45, 7) is 22.6. The number of carbonyl (C=O) groups is 1. The molecule has 0 aliphatic carbocycles. The van der Waals surface area contributed by atoms with Gasteiger partial charge >= 0.3 is 0 Å². The molecule has 3 atom stereocenters. The third-order valence-corrected chi connectivity index (χ3v) is 16.5. The highest BCUT2D eigenvalue weighted by Crippen LogP contribution is 2.42. The van der Waals surface area contributed by atoms with Gasteiger partial charge in [0.2, 0.25) is 0 Å². The number of rotatable bonds is 8. The summed E-state index contributed by atoms with van der Waals surface area (Å²) >= 11 is 0. The number of hydrogen-bond acceptors (Lipinski definition) is 6. The zero-order valence-corrected chi connectivity index (χ0v) is 24.0. The van der Waals surface area contributed by atoms with E-state index in [2.05, 4.69) is 78.8 Å². The van der Waals surface area contributed by atoms with E-state index in [0.717, 1.165) is 0 Å². The van der Waals surface area contributed by atoms with Crippen LogP contribution >= 0.6 is 0 Å². The van der Waals surface area contributed by atoms with Gasteiger partial charge < -0.3 is 23.9 Å². The molecule has 10 heteroatoms. The van der Waals surface area contributed by atoms with E-state index in [1.165, 1.54) is 6.33 Å². The third-order valence-electron chi connectivity index (χ3n) is 7.53. The van der Waals surface area contributed by atoms with Crippen LogP contribution in [0.1, 0.15) is 70.4 Å². The maximum atomic E-state index is 11.8. The Morgan fingerprint density at radius 3 is 2.27 bits per heavy atom. The van der Waals surface area contributed by atoms with Crippen LogP contribution < -0.4 is 5.73 Å². The fraction of sp³-hybridized carbons (Fsp3) is 0.783. The van der Waals surface area contributed by atoms with Gasteiger partial charge in [0, 0.05) is 6.42 Å². The number of nitrogens with two attached hydrogens (primary N) is 1. The second-order valence-corrected chi connectivity index (χ2v) is 21.6. The van der Waals surface area contributed by atoms with Crippen molar-refractivity contribution in [3.05, 3.63) is 17.7 Å². The molecule has 0 unspecified atom stereocenters. The summed E-state index contributed by atoms with van der Waals surface area (Å²) in [5.74, 6) is -0.649. The molecule has 1 aromatic heterocycles. The van der Waals surface area contributed by atoms with E-state index < -0.39 is 28.8 Å². The summed E-state index contributed by atoms with van der Waals surface area (Å²) in [6.07, 6.45) is 1.33. The summed E-state index contributed by atoms with van der Waals surface area (Å²) in [5.41, 5.74) is 6.07. The average Bonchev–Trinajstić information content (AvgIpc) is 3.22. The molecule has 186 valence electrons. The van der Waals surface area contributed by atoms with Gasteiger partial charge in [0.25, 0.3) is 5.91 Å². The Balaban J connectivity index is 2.35. The van der Waals surface area contributed by atoms with Gasteiger partial charge in [-0.1, -0.05) is 41.5 Å². The van der Waals surface area contributed by atoms with Crippen molar-refractivity contribution in [3.8, 4) is 6.07 Å². The minimum absolute atomic E-state index is 0.0248. The van der Waals surface area contributed by atoms with Crippen LogP contribution in [0.15, 0.2) is 6.33 Å². The second kappa shape index (κ2) is 9.62. The van der Waals surface area contributed by atoms with Gasteiger partial charge in [0.1, 0.15) is 18.0 Å². The molecule has 2 heterocycles. The van der Waals surface area contributed by atoms with E-state index in [9.17, 15) is 10.1 Å². The number of primary amides is 1. The Bertz CT molecular complexity index is 894. The molecule has 1 amide bonds. The minimum Gasteiger partial charge on any atom is -0.414 e. The molecule has 0 aromatic carbocycles. The van der Waals surface area contributed by atoms with Gasteiger partial charge in [-0.3, -0.25) is 4.79 Å². The Labute approximate surface area is 201 Å². The van der Waals surface area contributed by atoms with Crippen molar-refractivity contribution in [1.82, 2.24) is 9.55 Å². The SMILES string of the molecule is CC(C)(C)[Si](C)(C)OC[C@H]1O[C@@H](n2cnc(C(N)=O)c2CC#N)C[C@@H]1O[Si](C)(C)C(C)(C)C. The number of ether oxygens (including phenoxy) is 1. The number of amides is 1. The van der Waals surface area contributed by atoms with Crippen LogP contribution in [-0.2, 0) is 20.0 Å². The van der Waals surface area contributed by atoms with E-state index >= 15 is 0 Å². The fourth-order valence-corrected chi connectivity index (χ4v) is 5.67. The zero-order valence-electron chi connectivity index (χ0n) is 22.0. The molecule has 2 N–H and O–H groups in total. The van der Waals surface area contributed by atoms with Crippen molar-refractivity contribution in [2.24, 2.45) is 5.73 Å². The first-order valence-corrected chi connectivity index (χ1v) is 17.4. The lowest BCUT2D eigenvalue weighted by molar-refractivity contribution is -0.0403. The average molecular weight is 495 g/mol. The van der Waals surface area contributed by atoms with Crippen molar-refractivity contribution >= 4 is 22.5 Å². The predicted molar refractivity (Wildman–Crippen MR) is 134 cm³/mol. The molecular formula is C23H42N4O4Si2. The van der Waals surface area contributed by atoms with Crippen molar-refractivity contribution in [3.63, 3.8) is 0 Å². The molecule has 1 fully saturated rings. The summed E-state index contributed by atoms with van der Waals surface area (Å²) in [7, 11) is -4.05. The van der Waals surface area contributed by atoms with Gasteiger partial charge in [0.15, 0.2) is 16.6 Å². The monoisotopic (exact) mass is 494 g/mol. The van der Waals surface area contributed by atoms with Crippen LogP contribution in [0.25, 0.3) is 0 Å². The summed E-state index contributed by atoms with van der Waals surface area (Å²) in [4.78, 5) is 16.0. The van der Waals surface area contributed by atoms with Crippen molar-refractivity contribution in [2.45, 2.75) is 109 Å². The van der Waals surface area contributed by atoms with E-state index in [4.69, 9.17) is 19.3 Å². The van der Waals surface area contributed by atoms with E-state index in [1.807, 2.05) is 0 Å². The van der Waals surface area contributed by atoms with Gasteiger partial charge in [-0.15, -0.1) is 0 Å². The Hall–Kier alpha value is -1.52. The molecule has 1 aliphatic heterocycles. The Morgan fingerprint density at radius 1 is 1.21 bits per heavy atom. The number of hydrogen-bond donors (Lipinski definition) is 1. The summed E-state index contributed by atoms with van der Waals surface area (Å²) in [5, 5.41) is 9.43. The first-order valence-electron chi connectivity index (χ1n) is 11.6.